The minimum absolute atomic E-state index is 0.0675. The fraction of sp³-hybridized carbons (Fsp3) is 0.455. The molecule has 1 aromatic heterocycles. The molecule has 1 saturated heterocycles. The van der Waals surface area contributed by atoms with Gasteiger partial charge in [0.1, 0.15) is 0 Å². The zero-order valence-corrected chi connectivity index (χ0v) is 11.9. The topological polar surface area (TPSA) is 33.2 Å². The number of nitrogens with zero attached hydrogens (tertiary/aromatic N) is 2. The largest absolute Gasteiger partial charge is 0.337 e. The Bertz CT molecular complexity index is 397. The Hall–Kier alpha value is -0.420. The molecule has 16 heavy (non-hydrogen) atoms. The predicted octanol–water partition coefficient (Wildman–Crippen LogP) is 2.84. The number of pyridine rings is 1. The molecule has 86 valence electrons. The number of halogens is 2. The van der Waals surface area contributed by atoms with Crippen molar-refractivity contribution in [3.63, 3.8) is 0 Å². The molecule has 0 spiro atoms. The van der Waals surface area contributed by atoms with Gasteiger partial charge in [-0.1, -0.05) is 15.9 Å². The molecule has 0 bridgehead atoms. The second-order valence-electron chi connectivity index (χ2n) is 3.88. The molecule has 1 unspecified atom stereocenters. The van der Waals surface area contributed by atoms with Crippen molar-refractivity contribution in [1.82, 2.24) is 9.88 Å². The molecule has 1 aliphatic heterocycles. The van der Waals surface area contributed by atoms with Gasteiger partial charge in [0, 0.05) is 34.8 Å². The minimum Gasteiger partial charge on any atom is -0.337 e. The maximum absolute atomic E-state index is 12.1. The molecule has 0 aromatic carbocycles. The number of rotatable bonds is 1. The summed E-state index contributed by atoms with van der Waals surface area (Å²) in [6, 6.07) is 1.81. The fourth-order valence-corrected chi connectivity index (χ4v) is 2.86. The van der Waals surface area contributed by atoms with Gasteiger partial charge in [0.2, 0.25) is 0 Å². The molecule has 0 radical (unpaired) electrons. The van der Waals surface area contributed by atoms with Crippen LogP contribution in [0.25, 0.3) is 0 Å². The summed E-state index contributed by atoms with van der Waals surface area (Å²) in [6.45, 7) is 1.62. The van der Waals surface area contributed by atoms with Crippen LogP contribution in [0.1, 0.15) is 23.2 Å². The lowest BCUT2D eigenvalue weighted by atomic mass is 10.1. The lowest BCUT2D eigenvalue weighted by molar-refractivity contribution is 0.0729. The molecule has 1 atom stereocenters. The van der Waals surface area contributed by atoms with Crippen molar-refractivity contribution < 1.29 is 4.79 Å². The highest BCUT2D eigenvalue weighted by Crippen LogP contribution is 2.19. The monoisotopic (exact) mass is 346 g/mol. The molecule has 1 fully saturated rings. The molecule has 3 nitrogen and oxygen atoms in total. The van der Waals surface area contributed by atoms with E-state index in [9.17, 15) is 4.79 Å². The van der Waals surface area contributed by atoms with E-state index in [0.29, 0.717) is 10.4 Å². The molecule has 2 heterocycles. The zero-order valence-electron chi connectivity index (χ0n) is 8.70. The van der Waals surface area contributed by atoms with E-state index in [1.165, 1.54) is 0 Å². The third-order valence-electron chi connectivity index (χ3n) is 2.60. The van der Waals surface area contributed by atoms with Crippen molar-refractivity contribution in [2.75, 3.05) is 13.1 Å². The van der Waals surface area contributed by atoms with Crippen molar-refractivity contribution in [1.29, 1.82) is 0 Å². The summed E-state index contributed by atoms with van der Waals surface area (Å²) >= 11 is 6.89. The quantitative estimate of drug-likeness (QED) is 0.732. The fourth-order valence-electron chi connectivity index (χ4n) is 1.82. The molecule has 0 saturated carbocycles. The van der Waals surface area contributed by atoms with Crippen LogP contribution in [-0.2, 0) is 0 Å². The van der Waals surface area contributed by atoms with E-state index < -0.39 is 0 Å². The van der Waals surface area contributed by atoms with E-state index in [1.807, 2.05) is 11.0 Å². The Morgan fingerprint density at radius 1 is 1.50 bits per heavy atom. The summed E-state index contributed by atoms with van der Waals surface area (Å²) in [5.41, 5.74) is 0.649. The number of hydrogen-bond donors (Lipinski definition) is 0. The Kier molecular flexibility index (Phi) is 3.97. The molecule has 1 aromatic rings. The summed E-state index contributed by atoms with van der Waals surface area (Å²) in [4.78, 5) is 18.5. The van der Waals surface area contributed by atoms with E-state index in [4.69, 9.17) is 0 Å². The van der Waals surface area contributed by atoms with Crippen molar-refractivity contribution in [3.8, 4) is 0 Å². The van der Waals surface area contributed by atoms with Crippen molar-refractivity contribution in [2.45, 2.75) is 17.7 Å². The van der Waals surface area contributed by atoms with E-state index >= 15 is 0 Å². The van der Waals surface area contributed by atoms with Crippen LogP contribution in [0.15, 0.2) is 22.9 Å². The smallest absolute Gasteiger partial charge is 0.255 e. The van der Waals surface area contributed by atoms with E-state index in [0.717, 1.165) is 30.4 Å². The molecule has 0 aliphatic carbocycles. The summed E-state index contributed by atoms with van der Waals surface area (Å²) in [6.07, 6.45) is 5.49. The average Bonchev–Trinajstić information content (AvgIpc) is 2.28. The van der Waals surface area contributed by atoms with Gasteiger partial charge in [0.25, 0.3) is 5.91 Å². The van der Waals surface area contributed by atoms with Gasteiger partial charge in [0.05, 0.1) is 5.56 Å². The summed E-state index contributed by atoms with van der Waals surface area (Å²) < 4.78 is 0.839. The summed E-state index contributed by atoms with van der Waals surface area (Å²) in [5.74, 6) is 0.0675. The summed E-state index contributed by atoms with van der Waals surface area (Å²) in [5, 5.41) is 0. The highest BCUT2D eigenvalue weighted by atomic mass is 79.9. The molecule has 1 aliphatic rings. The number of likely N-dealkylation sites (tertiary alicyclic amines) is 1. The molecule has 0 N–H and O–H groups in total. The van der Waals surface area contributed by atoms with Gasteiger partial charge in [-0.25, -0.2) is 0 Å². The van der Waals surface area contributed by atoms with Gasteiger partial charge < -0.3 is 4.90 Å². The van der Waals surface area contributed by atoms with Crippen LogP contribution in [0.3, 0.4) is 0 Å². The van der Waals surface area contributed by atoms with Gasteiger partial charge in [-0.3, -0.25) is 9.78 Å². The number of carbonyl (C=O) groups is 1. The lowest BCUT2D eigenvalue weighted by Crippen LogP contribution is -2.40. The number of piperidine rings is 1. The van der Waals surface area contributed by atoms with Gasteiger partial charge in [-0.05, 0) is 34.8 Å². The second-order valence-corrected chi connectivity index (χ2v) is 6.09. The standard InChI is InChI=1S/C11H12Br2N2O/c12-9-2-1-3-15(7-9)11(16)8-4-10(13)6-14-5-8/h4-6,9H,1-3,7H2. The van der Waals surface area contributed by atoms with Crippen LogP contribution in [0.2, 0.25) is 0 Å². The molecular weight excluding hydrogens is 336 g/mol. The first kappa shape index (κ1) is 12.0. The second kappa shape index (κ2) is 5.27. The van der Waals surface area contributed by atoms with E-state index in [1.54, 1.807) is 12.4 Å². The first-order valence-electron chi connectivity index (χ1n) is 5.20. The lowest BCUT2D eigenvalue weighted by Gasteiger charge is -2.30. The maximum Gasteiger partial charge on any atom is 0.255 e. The van der Waals surface area contributed by atoms with Crippen LogP contribution in [0.4, 0.5) is 0 Å². The van der Waals surface area contributed by atoms with Crippen LogP contribution in [0.5, 0.6) is 0 Å². The van der Waals surface area contributed by atoms with E-state index in [2.05, 4.69) is 36.8 Å². The molecule has 1 amide bonds. The van der Waals surface area contributed by atoms with Crippen LogP contribution < -0.4 is 0 Å². The first-order valence-corrected chi connectivity index (χ1v) is 6.91. The first-order chi connectivity index (χ1) is 7.66. The predicted molar refractivity (Wildman–Crippen MR) is 69.8 cm³/mol. The SMILES string of the molecule is O=C(c1cncc(Br)c1)N1CCCC(Br)C1. The average molecular weight is 348 g/mol. The number of aromatic nitrogens is 1. The third kappa shape index (κ3) is 2.83. The van der Waals surface area contributed by atoms with Crippen LogP contribution in [-0.4, -0.2) is 33.7 Å². The number of hydrogen-bond acceptors (Lipinski definition) is 2. The molecular formula is C11H12Br2N2O. The Balaban J connectivity index is 2.12. The Morgan fingerprint density at radius 2 is 2.31 bits per heavy atom. The zero-order chi connectivity index (χ0) is 11.5. The molecule has 2 rings (SSSR count). The van der Waals surface area contributed by atoms with Crippen LogP contribution >= 0.6 is 31.9 Å². The van der Waals surface area contributed by atoms with Crippen LogP contribution in [0, 0.1) is 0 Å². The van der Waals surface area contributed by atoms with Crippen molar-refractivity contribution in [2.24, 2.45) is 0 Å². The van der Waals surface area contributed by atoms with Gasteiger partial charge in [-0.2, -0.15) is 0 Å². The summed E-state index contributed by atoms with van der Waals surface area (Å²) in [7, 11) is 0. The normalized spacial score (nSPS) is 20.9. The van der Waals surface area contributed by atoms with Crippen molar-refractivity contribution in [3.05, 3.63) is 28.5 Å². The highest BCUT2D eigenvalue weighted by molar-refractivity contribution is 9.10. The van der Waals surface area contributed by atoms with Gasteiger partial charge in [0.15, 0.2) is 0 Å². The third-order valence-corrected chi connectivity index (χ3v) is 3.78. The van der Waals surface area contributed by atoms with Gasteiger partial charge in [-0.15, -0.1) is 0 Å². The maximum atomic E-state index is 12.1. The highest BCUT2D eigenvalue weighted by Gasteiger charge is 2.22. The molecule has 5 heteroatoms. The number of carbonyl (C=O) groups excluding carboxylic acids is 1. The van der Waals surface area contributed by atoms with E-state index in [-0.39, 0.29) is 5.91 Å². The van der Waals surface area contributed by atoms with Gasteiger partial charge >= 0.3 is 0 Å². The Morgan fingerprint density at radius 3 is 3.00 bits per heavy atom. The van der Waals surface area contributed by atoms with Crippen molar-refractivity contribution >= 4 is 37.8 Å². The Labute approximate surface area is 111 Å². The minimum atomic E-state index is 0.0675. The number of amides is 1. The number of alkyl halides is 1.